The summed E-state index contributed by atoms with van der Waals surface area (Å²) in [6.07, 6.45) is -0.564. The van der Waals surface area contributed by atoms with Gasteiger partial charge in [0.15, 0.2) is 0 Å². The van der Waals surface area contributed by atoms with Crippen LogP contribution in [0.15, 0.2) is 42.5 Å². The molecule has 0 radical (unpaired) electrons. The summed E-state index contributed by atoms with van der Waals surface area (Å²) in [5, 5.41) is 11.8. The number of amides is 1. The monoisotopic (exact) mass is 328 g/mol. The second kappa shape index (κ2) is 8.45. The predicted octanol–water partition coefficient (Wildman–Crippen LogP) is 2.89. The van der Waals surface area contributed by atoms with Crippen molar-refractivity contribution >= 4 is 5.91 Å². The normalized spacial score (nSPS) is 12.0. The molecule has 0 aliphatic heterocycles. The molecule has 1 amide bonds. The lowest BCUT2D eigenvalue weighted by molar-refractivity contribution is 0.0924. The van der Waals surface area contributed by atoms with Crippen LogP contribution in [0.25, 0.3) is 0 Å². The van der Waals surface area contributed by atoms with Gasteiger partial charge in [-0.15, -0.1) is 0 Å². The van der Waals surface area contributed by atoms with E-state index in [9.17, 15) is 9.90 Å². The van der Waals surface area contributed by atoms with Gasteiger partial charge < -0.3 is 15.2 Å². The third-order valence-electron chi connectivity index (χ3n) is 3.48. The van der Waals surface area contributed by atoms with Crippen LogP contribution >= 0.6 is 0 Å². The quantitative estimate of drug-likeness (QED) is 0.820. The minimum absolute atomic E-state index is 0.214. The first kappa shape index (κ1) is 17.9. The van der Waals surface area contributed by atoms with Crippen LogP contribution in [0.3, 0.4) is 0 Å². The molecule has 0 saturated heterocycles. The molecular formula is C19H24N2O3. The van der Waals surface area contributed by atoms with Crippen molar-refractivity contribution in [2.75, 3.05) is 6.54 Å². The lowest BCUT2D eigenvalue weighted by atomic mass is 10.1. The van der Waals surface area contributed by atoms with Crippen LogP contribution in [-0.2, 0) is 6.61 Å². The van der Waals surface area contributed by atoms with Crippen LogP contribution in [0.4, 0.5) is 0 Å². The van der Waals surface area contributed by atoms with Crippen molar-refractivity contribution < 1.29 is 14.6 Å². The highest BCUT2D eigenvalue weighted by Gasteiger charge is 2.07. The topological polar surface area (TPSA) is 71.5 Å². The molecule has 1 aromatic carbocycles. The fourth-order valence-corrected chi connectivity index (χ4v) is 2.10. The van der Waals surface area contributed by atoms with Crippen molar-refractivity contribution in [2.45, 2.75) is 39.4 Å². The molecule has 5 nitrogen and oxygen atoms in total. The van der Waals surface area contributed by atoms with E-state index < -0.39 is 6.10 Å². The van der Waals surface area contributed by atoms with Crippen molar-refractivity contribution in [1.82, 2.24) is 10.3 Å². The molecule has 2 N–H and O–H groups in total. The molecule has 0 aliphatic rings. The largest absolute Gasteiger partial charge is 0.487 e. The molecule has 2 rings (SSSR count). The molecule has 128 valence electrons. The van der Waals surface area contributed by atoms with Crippen molar-refractivity contribution in [3.05, 3.63) is 59.4 Å². The van der Waals surface area contributed by atoms with E-state index in [1.807, 2.05) is 18.2 Å². The summed E-state index contributed by atoms with van der Waals surface area (Å²) in [5.74, 6) is 0.844. The first-order chi connectivity index (χ1) is 11.5. The number of hydrogen-bond acceptors (Lipinski definition) is 4. The molecule has 0 aliphatic carbocycles. The van der Waals surface area contributed by atoms with E-state index in [1.54, 1.807) is 31.2 Å². The summed E-state index contributed by atoms with van der Waals surface area (Å²) in [6.45, 7) is 6.45. The van der Waals surface area contributed by atoms with Crippen LogP contribution in [0.2, 0.25) is 0 Å². The summed E-state index contributed by atoms with van der Waals surface area (Å²) in [5.41, 5.74) is 2.45. The molecule has 0 fully saturated rings. The number of aliphatic hydroxyl groups is 1. The number of rotatable bonds is 7. The molecule has 2 aromatic rings. The van der Waals surface area contributed by atoms with Gasteiger partial charge in [-0.2, -0.15) is 0 Å². The van der Waals surface area contributed by atoms with Gasteiger partial charge in [-0.05, 0) is 49.2 Å². The molecule has 1 atom stereocenters. The summed E-state index contributed by atoms with van der Waals surface area (Å²) in [6, 6.07) is 12.8. The Hall–Kier alpha value is -2.40. The van der Waals surface area contributed by atoms with E-state index >= 15 is 0 Å². The third-order valence-corrected chi connectivity index (χ3v) is 3.48. The smallest absolute Gasteiger partial charge is 0.251 e. The molecule has 5 heteroatoms. The summed E-state index contributed by atoms with van der Waals surface area (Å²) >= 11 is 0. The van der Waals surface area contributed by atoms with Gasteiger partial charge in [0, 0.05) is 17.8 Å². The maximum atomic E-state index is 11.9. The number of nitrogens with one attached hydrogen (secondary N) is 1. The van der Waals surface area contributed by atoms with Crippen LogP contribution in [-0.4, -0.2) is 28.6 Å². The van der Waals surface area contributed by atoms with E-state index in [0.29, 0.717) is 23.8 Å². The first-order valence-corrected chi connectivity index (χ1v) is 8.10. The van der Waals surface area contributed by atoms with Gasteiger partial charge in [-0.1, -0.05) is 19.9 Å². The van der Waals surface area contributed by atoms with E-state index in [-0.39, 0.29) is 12.5 Å². The SMILES string of the molecule is CC(C)c1cccc(COc2ccc(C(=O)NC[C@H](C)O)cc2)n1. The van der Waals surface area contributed by atoms with Crippen LogP contribution in [0, 0.1) is 0 Å². The highest BCUT2D eigenvalue weighted by Crippen LogP contribution is 2.15. The average molecular weight is 328 g/mol. The number of hydrogen-bond donors (Lipinski definition) is 2. The fourth-order valence-electron chi connectivity index (χ4n) is 2.10. The zero-order chi connectivity index (χ0) is 17.5. The van der Waals surface area contributed by atoms with E-state index in [1.165, 1.54) is 0 Å². The van der Waals surface area contributed by atoms with Gasteiger partial charge in [-0.3, -0.25) is 9.78 Å². The maximum absolute atomic E-state index is 11.9. The second-order valence-electron chi connectivity index (χ2n) is 6.08. The van der Waals surface area contributed by atoms with E-state index in [2.05, 4.69) is 24.1 Å². The Balaban J connectivity index is 1.92. The second-order valence-corrected chi connectivity index (χ2v) is 6.08. The molecule has 1 aromatic heterocycles. The molecule has 0 bridgehead atoms. The predicted molar refractivity (Wildman–Crippen MR) is 93.1 cm³/mol. The van der Waals surface area contributed by atoms with Crippen molar-refractivity contribution in [3.8, 4) is 5.75 Å². The number of aliphatic hydroxyl groups excluding tert-OH is 1. The first-order valence-electron chi connectivity index (χ1n) is 8.10. The lowest BCUT2D eigenvalue weighted by Crippen LogP contribution is -2.30. The summed E-state index contributed by atoms with van der Waals surface area (Å²) in [4.78, 5) is 16.4. The van der Waals surface area contributed by atoms with Gasteiger partial charge in [-0.25, -0.2) is 0 Å². The van der Waals surface area contributed by atoms with Crippen molar-refractivity contribution in [3.63, 3.8) is 0 Å². The molecule has 1 heterocycles. The number of benzene rings is 1. The van der Waals surface area contributed by atoms with Gasteiger partial charge in [0.2, 0.25) is 0 Å². The van der Waals surface area contributed by atoms with Crippen LogP contribution in [0.1, 0.15) is 48.4 Å². The van der Waals surface area contributed by atoms with Gasteiger partial charge in [0.05, 0.1) is 11.8 Å². The zero-order valence-corrected chi connectivity index (χ0v) is 14.3. The van der Waals surface area contributed by atoms with Crippen LogP contribution < -0.4 is 10.1 Å². The van der Waals surface area contributed by atoms with Gasteiger partial charge in [0.25, 0.3) is 5.91 Å². The maximum Gasteiger partial charge on any atom is 0.251 e. The Morgan fingerprint density at radius 1 is 1.17 bits per heavy atom. The Labute approximate surface area is 142 Å². The Morgan fingerprint density at radius 3 is 2.50 bits per heavy atom. The standard InChI is InChI=1S/C19H24N2O3/c1-13(2)18-6-4-5-16(21-18)12-24-17-9-7-15(8-10-17)19(23)20-11-14(3)22/h4-10,13-14,22H,11-12H2,1-3H3,(H,20,23)/t14-/m0/s1. The van der Waals surface area contributed by atoms with Crippen molar-refractivity contribution in [2.24, 2.45) is 0 Å². The fraction of sp³-hybridized carbons (Fsp3) is 0.368. The Kier molecular flexibility index (Phi) is 6.32. The number of carbonyl (C=O) groups excluding carboxylic acids is 1. The van der Waals surface area contributed by atoms with Crippen LogP contribution in [0.5, 0.6) is 5.75 Å². The highest BCUT2D eigenvalue weighted by atomic mass is 16.5. The highest BCUT2D eigenvalue weighted by molar-refractivity contribution is 5.94. The average Bonchev–Trinajstić information content (AvgIpc) is 2.58. The number of carbonyl (C=O) groups is 1. The van der Waals surface area contributed by atoms with Crippen molar-refractivity contribution in [1.29, 1.82) is 0 Å². The summed E-state index contributed by atoms with van der Waals surface area (Å²) < 4.78 is 5.73. The minimum atomic E-state index is -0.564. The minimum Gasteiger partial charge on any atom is -0.487 e. The molecular weight excluding hydrogens is 304 g/mol. The van der Waals surface area contributed by atoms with Gasteiger partial charge in [0.1, 0.15) is 12.4 Å². The number of nitrogens with zero attached hydrogens (tertiary/aromatic N) is 1. The van der Waals surface area contributed by atoms with Gasteiger partial charge >= 0.3 is 0 Å². The third kappa shape index (κ3) is 5.35. The summed E-state index contributed by atoms with van der Waals surface area (Å²) in [7, 11) is 0. The molecule has 24 heavy (non-hydrogen) atoms. The zero-order valence-electron chi connectivity index (χ0n) is 14.3. The number of ether oxygens (including phenoxy) is 1. The number of aromatic nitrogens is 1. The molecule has 0 saturated carbocycles. The van der Waals surface area contributed by atoms with E-state index in [4.69, 9.17) is 4.74 Å². The number of pyridine rings is 1. The van der Waals surface area contributed by atoms with E-state index in [0.717, 1.165) is 11.4 Å². The lowest BCUT2D eigenvalue weighted by Gasteiger charge is -2.10. The Bertz CT molecular complexity index is 667. The molecule has 0 spiro atoms. The molecule has 0 unspecified atom stereocenters. The Morgan fingerprint density at radius 2 is 1.88 bits per heavy atom.